The van der Waals surface area contributed by atoms with Crippen LogP contribution in [0.25, 0.3) is 43.1 Å². The molecule has 5 aromatic carbocycles. The lowest BCUT2D eigenvalue weighted by Crippen LogP contribution is -2.22. The van der Waals surface area contributed by atoms with Crippen molar-refractivity contribution in [2.75, 3.05) is 0 Å². The van der Waals surface area contributed by atoms with Crippen LogP contribution in [0.2, 0.25) is 0 Å². The zero-order chi connectivity index (χ0) is 17.4. The van der Waals surface area contributed by atoms with Crippen LogP contribution in [0, 0.1) is 0 Å². The van der Waals surface area contributed by atoms with E-state index >= 15 is 0 Å². The van der Waals surface area contributed by atoms with Gasteiger partial charge in [0.05, 0.1) is 0 Å². The monoisotopic (exact) mass is 332 g/mol. The third-order valence-corrected chi connectivity index (χ3v) is 5.51. The first kappa shape index (κ1) is 13.7. The summed E-state index contributed by atoms with van der Waals surface area (Å²) in [4.78, 5) is 25.6. The molecule has 0 saturated carbocycles. The number of ketones is 2. The fraction of sp³-hybridized carbons (Fsp3) is 0. The highest BCUT2D eigenvalue weighted by Crippen LogP contribution is 2.41. The lowest BCUT2D eigenvalue weighted by atomic mass is 9.79. The second kappa shape index (κ2) is 4.55. The van der Waals surface area contributed by atoms with Crippen molar-refractivity contribution in [2.45, 2.75) is 0 Å². The number of Topliss-reactive ketones (excluding diaryl/α,β-unsaturated/α-hetero) is 2. The molecule has 0 spiro atoms. The van der Waals surface area contributed by atoms with E-state index in [1.165, 1.54) is 0 Å². The van der Waals surface area contributed by atoms with Crippen LogP contribution in [0.3, 0.4) is 0 Å². The van der Waals surface area contributed by atoms with E-state index in [4.69, 9.17) is 0 Å². The highest BCUT2D eigenvalue weighted by atomic mass is 16.2. The van der Waals surface area contributed by atoms with Gasteiger partial charge < -0.3 is 0 Å². The molecule has 0 saturated heterocycles. The highest BCUT2D eigenvalue weighted by molar-refractivity contribution is 6.60. The summed E-state index contributed by atoms with van der Waals surface area (Å²) in [6.45, 7) is 0. The van der Waals surface area contributed by atoms with E-state index in [1.54, 1.807) is 0 Å². The molecule has 0 atom stereocenters. The predicted octanol–water partition coefficient (Wildman–Crippen LogP) is 5.68. The quantitative estimate of drug-likeness (QED) is 0.270. The molecule has 0 aromatic heterocycles. The van der Waals surface area contributed by atoms with Crippen LogP contribution < -0.4 is 0 Å². The molecule has 0 heterocycles. The summed E-state index contributed by atoms with van der Waals surface area (Å²) in [6.07, 6.45) is 0. The molecule has 5 aromatic rings. The maximum absolute atomic E-state index is 12.8. The SMILES string of the molecule is O=C1C(=O)c2c3cc4ccccc4cc3c1c1cc3ccccc3cc21. The Balaban J connectivity index is 1.94. The molecule has 0 amide bonds. The average molecular weight is 332 g/mol. The maximum Gasteiger partial charge on any atom is 0.234 e. The van der Waals surface area contributed by atoms with Crippen LogP contribution in [0.15, 0.2) is 72.8 Å². The fourth-order valence-corrected chi connectivity index (χ4v) is 4.31. The minimum absolute atomic E-state index is 0.384. The molecule has 120 valence electrons. The Morgan fingerprint density at radius 2 is 0.692 bits per heavy atom. The minimum atomic E-state index is -0.384. The van der Waals surface area contributed by atoms with Gasteiger partial charge in [-0.1, -0.05) is 48.5 Å². The van der Waals surface area contributed by atoms with Gasteiger partial charge in [0.1, 0.15) is 0 Å². The second-order valence-corrected chi connectivity index (χ2v) is 6.90. The number of hydrogen-bond acceptors (Lipinski definition) is 2. The first-order valence-corrected chi connectivity index (χ1v) is 8.62. The van der Waals surface area contributed by atoms with Gasteiger partial charge in [-0.15, -0.1) is 0 Å². The summed E-state index contributed by atoms with van der Waals surface area (Å²) in [7, 11) is 0. The van der Waals surface area contributed by atoms with E-state index in [9.17, 15) is 9.59 Å². The molecule has 7 rings (SSSR count). The summed E-state index contributed by atoms with van der Waals surface area (Å²) in [5.74, 6) is -0.767. The number of benzene rings is 5. The zero-order valence-corrected chi connectivity index (χ0v) is 13.7. The molecule has 0 fully saturated rings. The van der Waals surface area contributed by atoms with Crippen molar-refractivity contribution in [1.82, 2.24) is 0 Å². The lowest BCUT2D eigenvalue weighted by Gasteiger charge is -2.21. The number of hydrogen-bond donors (Lipinski definition) is 0. The molecule has 0 N–H and O–H groups in total. The van der Waals surface area contributed by atoms with E-state index in [0.29, 0.717) is 11.1 Å². The van der Waals surface area contributed by atoms with Gasteiger partial charge in [-0.3, -0.25) is 9.59 Å². The Hall–Kier alpha value is -3.52. The normalized spacial score (nSPS) is 13.5. The third-order valence-electron chi connectivity index (χ3n) is 5.51. The molecule has 2 heteroatoms. The van der Waals surface area contributed by atoms with Crippen LogP contribution in [0.5, 0.6) is 0 Å². The van der Waals surface area contributed by atoms with Gasteiger partial charge in [0.2, 0.25) is 11.6 Å². The van der Waals surface area contributed by atoms with Crippen LogP contribution in [0.1, 0.15) is 20.7 Å². The number of rotatable bonds is 0. The summed E-state index contributed by atoms with van der Waals surface area (Å²) >= 11 is 0. The van der Waals surface area contributed by atoms with Crippen molar-refractivity contribution in [3.8, 4) is 0 Å². The Kier molecular flexibility index (Phi) is 2.41. The molecule has 0 unspecified atom stereocenters. The van der Waals surface area contributed by atoms with E-state index in [0.717, 1.165) is 43.1 Å². The van der Waals surface area contributed by atoms with Gasteiger partial charge >= 0.3 is 0 Å². The van der Waals surface area contributed by atoms with Crippen LogP contribution in [0.4, 0.5) is 0 Å². The highest BCUT2D eigenvalue weighted by Gasteiger charge is 2.33. The van der Waals surface area contributed by atoms with Gasteiger partial charge in [-0.05, 0) is 67.4 Å². The van der Waals surface area contributed by atoms with Crippen molar-refractivity contribution >= 4 is 54.7 Å². The van der Waals surface area contributed by atoms with E-state index in [1.807, 2.05) is 72.8 Å². The van der Waals surface area contributed by atoms with Crippen molar-refractivity contribution in [1.29, 1.82) is 0 Å². The Morgan fingerprint density at radius 3 is 0.962 bits per heavy atom. The van der Waals surface area contributed by atoms with Crippen molar-refractivity contribution < 1.29 is 9.59 Å². The number of fused-ring (bicyclic) bond motifs is 3. The Labute approximate surface area is 148 Å². The van der Waals surface area contributed by atoms with Gasteiger partial charge in [-0.25, -0.2) is 0 Å². The summed E-state index contributed by atoms with van der Waals surface area (Å²) in [6, 6.07) is 24.3. The van der Waals surface area contributed by atoms with Crippen LogP contribution >= 0.6 is 0 Å². The molecule has 26 heavy (non-hydrogen) atoms. The van der Waals surface area contributed by atoms with E-state index in [2.05, 4.69) is 0 Å². The van der Waals surface area contributed by atoms with E-state index in [-0.39, 0.29) is 11.6 Å². The molecule has 2 nitrogen and oxygen atoms in total. The van der Waals surface area contributed by atoms with Crippen LogP contribution in [-0.2, 0) is 0 Å². The molecule has 2 aliphatic carbocycles. The standard InChI is InChI=1S/C24H12O2/c25-23-21-17-9-13-5-1-2-6-14(13)10-18(17)22(24(23)26)20-12-16-8-4-3-7-15(16)11-19(20)21/h1-12H. The summed E-state index contributed by atoms with van der Waals surface area (Å²) < 4.78 is 0. The average Bonchev–Trinajstić information content (AvgIpc) is 2.67. The fourth-order valence-electron chi connectivity index (χ4n) is 4.31. The maximum atomic E-state index is 12.8. The molecular formula is C24H12O2. The van der Waals surface area contributed by atoms with Gasteiger partial charge in [0.25, 0.3) is 0 Å². The number of carbonyl (C=O) groups excluding carboxylic acids is 2. The molecule has 0 radical (unpaired) electrons. The van der Waals surface area contributed by atoms with Gasteiger partial charge in [0, 0.05) is 11.1 Å². The molecular weight excluding hydrogens is 320 g/mol. The van der Waals surface area contributed by atoms with Crippen molar-refractivity contribution in [3.63, 3.8) is 0 Å². The van der Waals surface area contributed by atoms with Gasteiger partial charge in [-0.2, -0.15) is 0 Å². The third kappa shape index (κ3) is 1.56. The smallest absolute Gasteiger partial charge is 0.234 e. The Bertz CT molecular complexity index is 1250. The summed E-state index contributed by atoms with van der Waals surface area (Å²) in [5, 5.41) is 7.84. The predicted molar refractivity (Wildman–Crippen MR) is 105 cm³/mol. The Morgan fingerprint density at radius 1 is 0.423 bits per heavy atom. The topological polar surface area (TPSA) is 34.1 Å². The first-order chi connectivity index (χ1) is 12.7. The second-order valence-electron chi connectivity index (χ2n) is 6.90. The summed E-state index contributed by atoms with van der Waals surface area (Å²) in [5.41, 5.74) is 1.10. The first-order valence-electron chi connectivity index (χ1n) is 8.62. The minimum Gasteiger partial charge on any atom is -0.285 e. The molecule has 0 aliphatic heterocycles. The lowest BCUT2D eigenvalue weighted by molar-refractivity contribution is 0.0818. The largest absolute Gasteiger partial charge is 0.285 e. The zero-order valence-electron chi connectivity index (χ0n) is 13.7. The van der Waals surface area contributed by atoms with E-state index < -0.39 is 0 Å². The van der Waals surface area contributed by atoms with Crippen LogP contribution in [-0.4, -0.2) is 11.6 Å². The van der Waals surface area contributed by atoms with Crippen molar-refractivity contribution in [3.05, 3.63) is 83.9 Å². The molecule has 2 aliphatic rings. The molecule has 2 bridgehead atoms. The van der Waals surface area contributed by atoms with Crippen molar-refractivity contribution in [2.24, 2.45) is 0 Å². The number of carbonyl (C=O) groups is 2. The van der Waals surface area contributed by atoms with Gasteiger partial charge in [0.15, 0.2) is 0 Å².